The number of hydrogen-bond donors (Lipinski definition) is 1. The maximum Gasteiger partial charge on any atom is 0.151 e. The van der Waals surface area contributed by atoms with Gasteiger partial charge in [-0.2, -0.15) is 0 Å². The van der Waals surface area contributed by atoms with Crippen molar-refractivity contribution in [2.45, 2.75) is 39.0 Å². The van der Waals surface area contributed by atoms with Gasteiger partial charge in [-0.05, 0) is 36.8 Å². The van der Waals surface area contributed by atoms with E-state index in [-0.39, 0.29) is 0 Å². The Hall–Kier alpha value is -0.830. The Labute approximate surface area is 108 Å². The zero-order chi connectivity index (χ0) is 12.1. The van der Waals surface area contributed by atoms with E-state index in [1.165, 1.54) is 32.1 Å². The topological polar surface area (TPSA) is 37.8 Å². The Bertz CT molecular complexity index is 331. The minimum atomic E-state index is 0.444. The third-order valence-electron chi connectivity index (χ3n) is 3.75. The second-order valence-corrected chi connectivity index (χ2v) is 5.30. The lowest BCUT2D eigenvalue weighted by atomic mass is 9.81. The second-order valence-electron chi connectivity index (χ2n) is 4.92. The molecule has 2 rings (SSSR count). The molecule has 0 amide bonds. The summed E-state index contributed by atoms with van der Waals surface area (Å²) in [5.41, 5.74) is 0. The molecule has 0 unspecified atom stereocenters. The minimum Gasteiger partial charge on any atom is -0.368 e. The molecule has 0 spiro atoms. The van der Waals surface area contributed by atoms with Crippen molar-refractivity contribution < 1.29 is 0 Å². The highest BCUT2D eigenvalue weighted by atomic mass is 35.5. The third kappa shape index (κ3) is 3.84. The van der Waals surface area contributed by atoms with Gasteiger partial charge in [0, 0.05) is 6.54 Å². The van der Waals surface area contributed by atoms with Crippen LogP contribution in [0.1, 0.15) is 39.0 Å². The zero-order valence-electron chi connectivity index (χ0n) is 10.3. The second kappa shape index (κ2) is 6.20. The molecule has 3 nitrogen and oxygen atoms in total. The van der Waals surface area contributed by atoms with Crippen molar-refractivity contribution in [3.63, 3.8) is 0 Å². The Morgan fingerprint density at radius 2 is 1.88 bits per heavy atom. The largest absolute Gasteiger partial charge is 0.368 e. The molecule has 4 heteroatoms. The van der Waals surface area contributed by atoms with Crippen LogP contribution >= 0.6 is 11.6 Å². The van der Waals surface area contributed by atoms with Crippen molar-refractivity contribution in [1.29, 1.82) is 0 Å². The maximum atomic E-state index is 5.69. The number of rotatable bonds is 4. The lowest BCUT2D eigenvalue weighted by Gasteiger charge is -2.27. The summed E-state index contributed by atoms with van der Waals surface area (Å²) in [5.74, 6) is 2.57. The minimum absolute atomic E-state index is 0.444. The van der Waals surface area contributed by atoms with Gasteiger partial charge in [0.05, 0.1) is 0 Å². The first-order valence-electron chi connectivity index (χ1n) is 6.51. The van der Waals surface area contributed by atoms with E-state index >= 15 is 0 Å². The highest BCUT2D eigenvalue weighted by Gasteiger charge is 2.19. The number of anilines is 1. The quantitative estimate of drug-likeness (QED) is 0.888. The van der Waals surface area contributed by atoms with E-state index in [0.29, 0.717) is 5.15 Å². The molecule has 1 aromatic heterocycles. The molecule has 94 valence electrons. The van der Waals surface area contributed by atoms with Crippen molar-refractivity contribution >= 4 is 17.4 Å². The van der Waals surface area contributed by atoms with Crippen LogP contribution in [0, 0.1) is 11.8 Å². The fourth-order valence-electron chi connectivity index (χ4n) is 2.50. The molecule has 17 heavy (non-hydrogen) atoms. The molecule has 0 radical (unpaired) electrons. The molecule has 1 aliphatic carbocycles. The number of hydrogen-bond acceptors (Lipinski definition) is 3. The standard InChI is InChI=1S/C13H20ClN3/c1-2-10-3-5-11(6-4-10)9-15-13-8-7-12(14)16-17-13/h7-8,10-11H,2-6,9H2,1H3,(H,15,17). The lowest BCUT2D eigenvalue weighted by molar-refractivity contribution is 0.278. The van der Waals surface area contributed by atoms with Gasteiger partial charge < -0.3 is 5.32 Å². The fraction of sp³-hybridized carbons (Fsp3) is 0.692. The normalized spacial score (nSPS) is 24.6. The summed E-state index contributed by atoms with van der Waals surface area (Å²) < 4.78 is 0. The SMILES string of the molecule is CCC1CCC(CNc2ccc(Cl)nn2)CC1. The van der Waals surface area contributed by atoms with E-state index in [9.17, 15) is 0 Å². The number of nitrogens with one attached hydrogen (secondary N) is 1. The molecule has 0 saturated heterocycles. The van der Waals surface area contributed by atoms with Gasteiger partial charge in [-0.25, -0.2) is 0 Å². The highest BCUT2D eigenvalue weighted by molar-refractivity contribution is 6.29. The smallest absolute Gasteiger partial charge is 0.151 e. The molecule has 1 saturated carbocycles. The summed E-state index contributed by atoms with van der Waals surface area (Å²) in [6.07, 6.45) is 6.78. The summed E-state index contributed by atoms with van der Waals surface area (Å²) in [7, 11) is 0. The first-order valence-corrected chi connectivity index (χ1v) is 6.88. The van der Waals surface area contributed by atoms with E-state index in [1.54, 1.807) is 6.07 Å². The van der Waals surface area contributed by atoms with Crippen LogP contribution in [0.2, 0.25) is 5.15 Å². The van der Waals surface area contributed by atoms with E-state index in [2.05, 4.69) is 22.4 Å². The van der Waals surface area contributed by atoms with Gasteiger partial charge >= 0.3 is 0 Å². The molecule has 0 atom stereocenters. The molecular formula is C13H20ClN3. The van der Waals surface area contributed by atoms with Gasteiger partial charge in [0.25, 0.3) is 0 Å². The number of halogens is 1. The molecule has 1 aromatic rings. The van der Waals surface area contributed by atoms with Crippen molar-refractivity contribution in [1.82, 2.24) is 10.2 Å². The van der Waals surface area contributed by atoms with Crippen LogP contribution in [0.3, 0.4) is 0 Å². The average molecular weight is 254 g/mol. The van der Waals surface area contributed by atoms with Gasteiger partial charge in [0.2, 0.25) is 0 Å². The average Bonchev–Trinajstić information content (AvgIpc) is 2.39. The van der Waals surface area contributed by atoms with Gasteiger partial charge in [-0.15, -0.1) is 10.2 Å². The van der Waals surface area contributed by atoms with Crippen LogP contribution in [-0.4, -0.2) is 16.7 Å². The molecule has 0 aromatic carbocycles. The Kier molecular flexibility index (Phi) is 4.60. The van der Waals surface area contributed by atoms with Crippen LogP contribution in [-0.2, 0) is 0 Å². The summed E-state index contributed by atoms with van der Waals surface area (Å²) in [5, 5.41) is 11.6. The van der Waals surface area contributed by atoms with E-state index in [0.717, 1.165) is 24.2 Å². The van der Waals surface area contributed by atoms with E-state index in [1.807, 2.05) is 6.07 Å². The van der Waals surface area contributed by atoms with Gasteiger partial charge in [0.1, 0.15) is 5.82 Å². The van der Waals surface area contributed by atoms with Gasteiger partial charge in [0.15, 0.2) is 5.15 Å². The zero-order valence-corrected chi connectivity index (χ0v) is 11.1. The predicted molar refractivity (Wildman–Crippen MR) is 71.3 cm³/mol. The van der Waals surface area contributed by atoms with Gasteiger partial charge in [-0.3, -0.25) is 0 Å². The molecule has 1 heterocycles. The Morgan fingerprint density at radius 3 is 2.47 bits per heavy atom. The van der Waals surface area contributed by atoms with Crippen molar-refractivity contribution in [3.8, 4) is 0 Å². The molecule has 0 aliphatic heterocycles. The van der Waals surface area contributed by atoms with E-state index < -0.39 is 0 Å². The summed E-state index contributed by atoms with van der Waals surface area (Å²) >= 11 is 5.69. The van der Waals surface area contributed by atoms with Crippen LogP contribution in [0.5, 0.6) is 0 Å². The van der Waals surface area contributed by atoms with Crippen LogP contribution in [0.25, 0.3) is 0 Å². The Morgan fingerprint density at radius 1 is 1.18 bits per heavy atom. The Balaban J connectivity index is 1.74. The molecule has 1 aliphatic rings. The third-order valence-corrected chi connectivity index (χ3v) is 3.95. The fourth-order valence-corrected chi connectivity index (χ4v) is 2.60. The first-order chi connectivity index (χ1) is 8.28. The van der Waals surface area contributed by atoms with Crippen molar-refractivity contribution in [3.05, 3.63) is 17.3 Å². The van der Waals surface area contributed by atoms with Crippen LogP contribution in [0.15, 0.2) is 12.1 Å². The molecular weight excluding hydrogens is 234 g/mol. The number of aromatic nitrogens is 2. The highest BCUT2D eigenvalue weighted by Crippen LogP contribution is 2.30. The monoisotopic (exact) mass is 253 g/mol. The summed E-state index contributed by atoms with van der Waals surface area (Å²) in [6, 6.07) is 3.65. The summed E-state index contributed by atoms with van der Waals surface area (Å²) in [4.78, 5) is 0. The van der Waals surface area contributed by atoms with Crippen LogP contribution < -0.4 is 5.32 Å². The maximum absolute atomic E-state index is 5.69. The van der Waals surface area contributed by atoms with E-state index in [4.69, 9.17) is 11.6 Å². The summed E-state index contributed by atoms with van der Waals surface area (Å²) in [6.45, 7) is 3.30. The molecule has 1 N–H and O–H groups in total. The number of nitrogens with zero attached hydrogens (tertiary/aromatic N) is 2. The molecule has 0 bridgehead atoms. The van der Waals surface area contributed by atoms with Crippen molar-refractivity contribution in [2.75, 3.05) is 11.9 Å². The predicted octanol–water partition coefficient (Wildman–Crippen LogP) is 3.76. The van der Waals surface area contributed by atoms with Crippen molar-refractivity contribution in [2.24, 2.45) is 11.8 Å². The van der Waals surface area contributed by atoms with Crippen LogP contribution in [0.4, 0.5) is 5.82 Å². The molecule has 1 fully saturated rings. The van der Waals surface area contributed by atoms with Gasteiger partial charge in [-0.1, -0.05) is 37.8 Å². The first kappa shape index (κ1) is 12.6. The lowest BCUT2D eigenvalue weighted by Crippen LogP contribution is -2.21.